The smallest absolute Gasteiger partial charge is 0.137 e. The first-order valence-electron chi connectivity index (χ1n) is 6.05. The van der Waals surface area contributed by atoms with Gasteiger partial charge in [0.25, 0.3) is 0 Å². The summed E-state index contributed by atoms with van der Waals surface area (Å²) in [4.78, 5) is 7.72. The van der Waals surface area contributed by atoms with Gasteiger partial charge < -0.3 is 10.3 Å². The molecular formula is C14H19N3. The van der Waals surface area contributed by atoms with Crippen LogP contribution in [0.1, 0.15) is 19.5 Å². The minimum absolute atomic E-state index is 0.673. The van der Waals surface area contributed by atoms with Crippen molar-refractivity contribution in [3.63, 3.8) is 0 Å². The van der Waals surface area contributed by atoms with Crippen molar-refractivity contribution in [2.45, 2.75) is 20.4 Å². The molecule has 0 aliphatic carbocycles. The SMILES string of the molecule is CC(C)CNCc1cnc(-c2ccccc2)[nH]1. The fourth-order valence-electron chi connectivity index (χ4n) is 1.69. The third-order valence-corrected chi connectivity index (χ3v) is 2.54. The Morgan fingerprint density at radius 3 is 2.71 bits per heavy atom. The molecule has 1 aromatic carbocycles. The molecule has 3 heteroatoms. The molecular weight excluding hydrogens is 210 g/mol. The van der Waals surface area contributed by atoms with E-state index in [1.807, 2.05) is 24.4 Å². The normalized spacial score (nSPS) is 11.0. The van der Waals surface area contributed by atoms with Crippen molar-refractivity contribution in [1.29, 1.82) is 0 Å². The third kappa shape index (κ3) is 3.43. The second kappa shape index (κ2) is 5.64. The van der Waals surface area contributed by atoms with Crippen LogP contribution in [0, 0.1) is 5.92 Å². The van der Waals surface area contributed by atoms with E-state index in [2.05, 4.69) is 41.3 Å². The molecule has 90 valence electrons. The molecule has 0 aliphatic heterocycles. The van der Waals surface area contributed by atoms with E-state index < -0.39 is 0 Å². The first kappa shape index (κ1) is 11.9. The van der Waals surface area contributed by atoms with Crippen LogP contribution in [0.3, 0.4) is 0 Å². The molecule has 17 heavy (non-hydrogen) atoms. The van der Waals surface area contributed by atoms with Crippen LogP contribution in [0.4, 0.5) is 0 Å². The van der Waals surface area contributed by atoms with E-state index in [1.165, 1.54) is 0 Å². The van der Waals surface area contributed by atoms with Gasteiger partial charge in [-0.2, -0.15) is 0 Å². The Labute approximate surface area is 102 Å². The minimum atomic E-state index is 0.673. The van der Waals surface area contributed by atoms with Crippen molar-refractivity contribution in [2.24, 2.45) is 5.92 Å². The summed E-state index contributed by atoms with van der Waals surface area (Å²) in [5.41, 5.74) is 2.26. The van der Waals surface area contributed by atoms with E-state index in [4.69, 9.17) is 0 Å². The van der Waals surface area contributed by atoms with Gasteiger partial charge in [-0.3, -0.25) is 0 Å². The average molecular weight is 229 g/mol. The second-order valence-electron chi connectivity index (χ2n) is 4.65. The zero-order valence-corrected chi connectivity index (χ0v) is 10.4. The molecule has 1 heterocycles. The molecule has 2 rings (SSSR count). The predicted octanol–water partition coefficient (Wildman–Crippen LogP) is 2.82. The first-order chi connectivity index (χ1) is 8.25. The minimum Gasteiger partial charge on any atom is -0.341 e. The highest BCUT2D eigenvalue weighted by Crippen LogP contribution is 2.14. The van der Waals surface area contributed by atoms with Gasteiger partial charge in [-0.1, -0.05) is 44.2 Å². The Kier molecular flexibility index (Phi) is 3.94. The maximum absolute atomic E-state index is 4.39. The number of hydrogen-bond acceptors (Lipinski definition) is 2. The van der Waals surface area contributed by atoms with E-state index in [1.54, 1.807) is 0 Å². The number of imidazole rings is 1. The van der Waals surface area contributed by atoms with E-state index in [0.717, 1.165) is 30.2 Å². The summed E-state index contributed by atoms with van der Waals surface area (Å²) in [7, 11) is 0. The van der Waals surface area contributed by atoms with Crippen LogP contribution < -0.4 is 5.32 Å². The summed E-state index contributed by atoms with van der Waals surface area (Å²) in [6.07, 6.45) is 1.90. The van der Waals surface area contributed by atoms with Crippen molar-refractivity contribution in [3.05, 3.63) is 42.2 Å². The quantitative estimate of drug-likeness (QED) is 0.827. The zero-order valence-electron chi connectivity index (χ0n) is 10.4. The zero-order chi connectivity index (χ0) is 12.1. The summed E-state index contributed by atoms with van der Waals surface area (Å²) in [6.45, 7) is 6.28. The average Bonchev–Trinajstić information content (AvgIpc) is 2.78. The van der Waals surface area contributed by atoms with Crippen LogP contribution in [-0.2, 0) is 6.54 Å². The maximum Gasteiger partial charge on any atom is 0.137 e. The Morgan fingerprint density at radius 1 is 1.24 bits per heavy atom. The summed E-state index contributed by atoms with van der Waals surface area (Å²) in [6, 6.07) is 10.2. The summed E-state index contributed by atoms with van der Waals surface area (Å²) in [5.74, 6) is 1.61. The van der Waals surface area contributed by atoms with Gasteiger partial charge in [0.05, 0.1) is 0 Å². The maximum atomic E-state index is 4.39. The van der Waals surface area contributed by atoms with Gasteiger partial charge in [0.1, 0.15) is 5.82 Å². The summed E-state index contributed by atoms with van der Waals surface area (Å²) >= 11 is 0. The molecule has 0 saturated carbocycles. The lowest BCUT2D eigenvalue weighted by Gasteiger charge is -2.05. The fourth-order valence-corrected chi connectivity index (χ4v) is 1.69. The predicted molar refractivity (Wildman–Crippen MR) is 70.6 cm³/mol. The molecule has 0 unspecified atom stereocenters. The summed E-state index contributed by atoms with van der Waals surface area (Å²) < 4.78 is 0. The lowest BCUT2D eigenvalue weighted by Crippen LogP contribution is -2.19. The number of hydrogen-bond donors (Lipinski definition) is 2. The van der Waals surface area contributed by atoms with Crippen molar-refractivity contribution >= 4 is 0 Å². The Morgan fingerprint density at radius 2 is 2.00 bits per heavy atom. The molecule has 0 spiro atoms. The Hall–Kier alpha value is -1.61. The van der Waals surface area contributed by atoms with Crippen LogP contribution in [0.5, 0.6) is 0 Å². The van der Waals surface area contributed by atoms with Crippen molar-refractivity contribution in [1.82, 2.24) is 15.3 Å². The lowest BCUT2D eigenvalue weighted by molar-refractivity contribution is 0.549. The lowest BCUT2D eigenvalue weighted by atomic mass is 10.2. The van der Waals surface area contributed by atoms with Crippen LogP contribution >= 0.6 is 0 Å². The Balaban J connectivity index is 1.97. The van der Waals surface area contributed by atoms with E-state index >= 15 is 0 Å². The van der Waals surface area contributed by atoms with Crippen LogP contribution in [-0.4, -0.2) is 16.5 Å². The first-order valence-corrected chi connectivity index (χ1v) is 6.05. The number of H-pyrrole nitrogens is 1. The number of rotatable bonds is 5. The molecule has 0 amide bonds. The second-order valence-corrected chi connectivity index (χ2v) is 4.65. The highest BCUT2D eigenvalue weighted by atomic mass is 15.0. The summed E-state index contributed by atoms with van der Waals surface area (Å²) in [5, 5.41) is 3.39. The van der Waals surface area contributed by atoms with Crippen molar-refractivity contribution in [3.8, 4) is 11.4 Å². The molecule has 3 nitrogen and oxygen atoms in total. The molecule has 0 bridgehead atoms. The molecule has 2 N–H and O–H groups in total. The molecule has 0 saturated heterocycles. The highest BCUT2D eigenvalue weighted by molar-refractivity contribution is 5.54. The van der Waals surface area contributed by atoms with Gasteiger partial charge in [-0.05, 0) is 12.5 Å². The molecule has 2 aromatic rings. The number of nitrogens with zero attached hydrogens (tertiary/aromatic N) is 1. The van der Waals surface area contributed by atoms with Gasteiger partial charge >= 0.3 is 0 Å². The van der Waals surface area contributed by atoms with Gasteiger partial charge in [-0.15, -0.1) is 0 Å². The number of benzene rings is 1. The number of nitrogens with one attached hydrogen (secondary N) is 2. The van der Waals surface area contributed by atoms with Gasteiger partial charge in [-0.25, -0.2) is 4.98 Å². The van der Waals surface area contributed by atoms with Crippen molar-refractivity contribution in [2.75, 3.05) is 6.54 Å². The van der Waals surface area contributed by atoms with E-state index in [-0.39, 0.29) is 0 Å². The number of aromatic nitrogens is 2. The standard InChI is InChI=1S/C14H19N3/c1-11(2)8-15-9-13-10-16-14(17-13)12-6-4-3-5-7-12/h3-7,10-11,15H,8-9H2,1-2H3,(H,16,17). The Bertz CT molecular complexity index is 446. The molecule has 0 fully saturated rings. The van der Waals surface area contributed by atoms with Gasteiger partial charge in [0, 0.05) is 24.0 Å². The van der Waals surface area contributed by atoms with Gasteiger partial charge in [0.2, 0.25) is 0 Å². The highest BCUT2D eigenvalue weighted by Gasteiger charge is 2.02. The molecule has 0 aliphatic rings. The van der Waals surface area contributed by atoms with Gasteiger partial charge in [0.15, 0.2) is 0 Å². The van der Waals surface area contributed by atoms with E-state index in [9.17, 15) is 0 Å². The largest absolute Gasteiger partial charge is 0.341 e. The van der Waals surface area contributed by atoms with Crippen LogP contribution in [0.15, 0.2) is 36.5 Å². The van der Waals surface area contributed by atoms with Crippen molar-refractivity contribution < 1.29 is 0 Å². The molecule has 0 atom stereocenters. The number of aromatic amines is 1. The monoisotopic (exact) mass is 229 g/mol. The topological polar surface area (TPSA) is 40.7 Å². The molecule has 1 aromatic heterocycles. The van der Waals surface area contributed by atoms with E-state index in [0.29, 0.717) is 5.92 Å². The fraction of sp³-hybridized carbons (Fsp3) is 0.357. The molecule has 0 radical (unpaired) electrons. The van der Waals surface area contributed by atoms with Crippen LogP contribution in [0.25, 0.3) is 11.4 Å². The third-order valence-electron chi connectivity index (χ3n) is 2.54. The van der Waals surface area contributed by atoms with Crippen LogP contribution in [0.2, 0.25) is 0 Å².